The van der Waals surface area contributed by atoms with E-state index in [0.717, 1.165) is 29.5 Å². The van der Waals surface area contributed by atoms with Gasteiger partial charge in [-0.1, -0.05) is 6.07 Å². The molecule has 0 unspecified atom stereocenters. The zero-order valence-corrected chi connectivity index (χ0v) is 17.6. The molecule has 0 amide bonds. The largest absolute Gasteiger partial charge is 0.475 e. The van der Waals surface area contributed by atoms with Gasteiger partial charge < -0.3 is 10.1 Å². The quantitative estimate of drug-likeness (QED) is 0.608. The molecule has 32 heavy (non-hydrogen) atoms. The Kier molecular flexibility index (Phi) is 5.45. The van der Waals surface area contributed by atoms with Crippen molar-refractivity contribution in [2.75, 3.05) is 11.9 Å². The van der Waals surface area contributed by atoms with Crippen LogP contribution in [-0.4, -0.2) is 32.8 Å². The predicted molar refractivity (Wildman–Crippen MR) is 113 cm³/mol. The number of halogens is 3. The third-order valence-corrected chi connectivity index (χ3v) is 4.84. The average Bonchev–Trinajstić information content (AvgIpc) is 3.09. The van der Waals surface area contributed by atoms with E-state index in [9.17, 15) is 18.0 Å². The van der Waals surface area contributed by atoms with Crippen molar-refractivity contribution in [1.29, 1.82) is 0 Å². The van der Waals surface area contributed by atoms with Gasteiger partial charge in [-0.3, -0.25) is 4.79 Å². The van der Waals surface area contributed by atoms with Crippen molar-refractivity contribution in [3.8, 4) is 0 Å². The second-order valence-corrected chi connectivity index (χ2v) is 8.12. The van der Waals surface area contributed by atoms with E-state index in [1.807, 2.05) is 32.9 Å². The highest BCUT2D eigenvalue weighted by Crippen LogP contribution is 2.25. The lowest BCUT2D eigenvalue weighted by molar-refractivity contribution is 0.279. The highest BCUT2D eigenvalue weighted by atomic mass is 19.2. The summed E-state index contributed by atoms with van der Waals surface area (Å²) in [6.07, 6.45) is 0.980. The molecule has 1 aliphatic heterocycles. The molecule has 4 rings (SSSR count). The number of nitrogens with one attached hydrogen (secondary N) is 1. The Morgan fingerprint density at radius 2 is 1.88 bits per heavy atom. The third-order valence-electron chi connectivity index (χ3n) is 4.84. The zero-order valence-electron chi connectivity index (χ0n) is 17.6. The fourth-order valence-electron chi connectivity index (χ4n) is 3.19. The molecular weight excluding hydrogens is 423 g/mol. The number of ether oxygens (including phenoxy) is 1. The summed E-state index contributed by atoms with van der Waals surface area (Å²) in [7, 11) is 0. The van der Waals surface area contributed by atoms with E-state index in [2.05, 4.69) is 20.4 Å². The Labute approximate surface area is 181 Å². The number of rotatable bonds is 5. The molecule has 0 atom stereocenters. The zero-order chi connectivity index (χ0) is 23.0. The van der Waals surface area contributed by atoms with Gasteiger partial charge in [0.05, 0.1) is 12.1 Å². The van der Waals surface area contributed by atoms with Gasteiger partial charge in [-0.2, -0.15) is 10.1 Å². The van der Waals surface area contributed by atoms with E-state index < -0.39 is 23.0 Å². The normalized spacial score (nSPS) is 14.8. The number of benzene rings is 2. The molecule has 2 aromatic carbocycles. The summed E-state index contributed by atoms with van der Waals surface area (Å²) in [5.74, 6) is -3.62. The van der Waals surface area contributed by atoms with Crippen LogP contribution in [0.15, 0.2) is 46.3 Å². The van der Waals surface area contributed by atoms with Crippen molar-refractivity contribution in [3.05, 3.63) is 81.0 Å². The highest BCUT2D eigenvalue weighted by molar-refractivity contribution is 5.96. The van der Waals surface area contributed by atoms with Gasteiger partial charge in [-0.25, -0.2) is 22.8 Å². The van der Waals surface area contributed by atoms with Crippen molar-refractivity contribution in [2.24, 2.45) is 4.99 Å². The van der Waals surface area contributed by atoms with Gasteiger partial charge in [0.1, 0.15) is 12.8 Å². The Morgan fingerprint density at radius 3 is 2.53 bits per heavy atom. The van der Waals surface area contributed by atoms with Gasteiger partial charge in [0.25, 0.3) is 5.56 Å². The minimum Gasteiger partial charge on any atom is -0.475 e. The summed E-state index contributed by atoms with van der Waals surface area (Å²) < 4.78 is 47.4. The molecule has 2 heterocycles. The van der Waals surface area contributed by atoms with Crippen LogP contribution >= 0.6 is 0 Å². The molecule has 0 aliphatic carbocycles. The molecule has 10 heteroatoms. The van der Waals surface area contributed by atoms with E-state index in [1.54, 1.807) is 6.07 Å². The van der Waals surface area contributed by atoms with Crippen LogP contribution in [0, 0.1) is 24.4 Å². The molecule has 0 radical (unpaired) electrons. The van der Waals surface area contributed by atoms with Crippen LogP contribution in [0.1, 0.15) is 30.5 Å². The number of nitrogens with zero attached hydrogens (tertiary/aromatic N) is 4. The molecule has 7 nitrogen and oxygen atoms in total. The summed E-state index contributed by atoms with van der Waals surface area (Å²) in [6, 6.07) is 7.26. The first-order valence-electron chi connectivity index (χ1n) is 9.79. The van der Waals surface area contributed by atoms with Crippen molar-refractivity contribution in [1.82, 2.24) is 14.8 Å². The number of aliphatic imine (C=N–C) groups is 1. The van der Waals surface area contributed by atoms with Crippen molar-refractivity contribution >= 4 is 17.5 Å². The van der Waals surface area contributed by atoms with Gasteiger partial charge in [0, 0.05) is 11.3 Å². The maximum atomic E-state index is 13.6. The predicted octanol–water partition coefficient (Wildman–Crippen LogP) is 3.71. The number of aromatic nitrogens is 3. The second-order valence-electron chi connectivity index (χ2n) is 8.12. The summed E-state index contributed by atoms with van der Waals surface area (Å²) >= 11 is 0. The summed E-state index contributed by atoms with van der Waals surface area (Å²) in [5, 5.41) is 7.04. The summed E-state index contributed by atoms with van der Waals surface area (Å²) in [5.41, 5.74) is 1.39. The molecule has 0 spiro atoms. The number of anilines is 2. The van der Waals surface area contributed by atoms with Crippen LogP contribution in [0.25, 0.3) is 0 Å². The second kappa shape index (κ2) is 8.10. The fraction of sp³-hybridized carbons (Fsp3) is 0.273. The van der Waals surface area contributed by atoms with E-state index in [0.29, 0.717) is 18.2 Å². The minimum absolute atomic E-state index is 0.0532. The maximum absolute atomic E-state index is 13.6. The Hall–Kier alpha value is -3.69. The van der Waals surface area contributed by atoms with E-state index in [4.69, 9.17) is 4.74 Å². The SMILES string of the molecule is Cc1ccc(C2=NC(C)(C)CO2)cc1Nc1nc(=O)cnn1Cc1cc(F)c(F)c(F)c1. The van der Waals surface area contributed by atoms with Crippen LogP contribution in [0.2, 0.25) is 0 Å². The lowest BCUT2D eigenvalue weighted by Crippen LogP contribution is -2.20. The van der Waals surface area contributed by atoms with Crippen molar-refractivity contribution in [3.63, 3.8) is 0 Å². The molecule has 0 saturated carbocycles. The van der Waals surface area contributed by atoms with Gasteiger partial charge in [-0.15, -0.1) is 0 Å². The van der Waals surface area contributed by atoms with Gasteiger partial charge in [0.2, 0.25) is 11.8 Å². The Bertz CT molecular complexity index is 1260. The molecule has 1 aliphatic rings. The van der Waals surface area contributed by atoms with Gasteiger partial charge in [-0.05, 0) is 56.2 Å². The topological polar surface area (TPSA) is 81.4 Å². The average molecular weight is 443 g/mol. The van der Waals surface area contributed by atoms with Gasteiger partial charge >= 0.3 is 0 Å². The molecule has 1 N–H and O–H groups in total. The summed E-state index contributed by atoms with van der Waals surface area (Å²) in [6.45, 7) is 6.11. The number of hydrogen-bond acceptors (Lipinski definition) is 6. The molecule has 0 bridgehead atoms. The summed E-state index contributed by atoms with van der Waals surface area (Å²) in [4.78, 5) is 20.3. The smallest absolute Gasteiger partial charge is 0.293 e. The molecule has 0 fully saturated rings. The Balaban J connectivity index is 1.68. The minimum atomic E-state index is -1.55. The van der Waals surface area contributed by atoms with Crippen LogP contribution in [0.5, 0.6) is 0 Å². The van der Waals surface area contributed by atoms with E-state index >= 15 is 0 Å². The first-order chi connectivity index (χ1) is 15.1. The molecular formula is C22H20F3N5O2. The van der Waals surface area contributed by atoms with Crippen LogP contribution in [0.4, 0.5) is 24.8 Å². The fourth-order valence-corrected chi connectivity index (χ4v) is 3.19. The van der Waals surface area contributed by atoms with E-state index in [1.165, 1.54) is 4.68 Å². The van der Waals surface area contributed by atoms with Crippen molar-refractivity contribution in [2.45, 2.75) is 32.9 Å². The van der Waals surface area contributed by atoms with Gasteiger partial charge in [0.15, 0.2) is 17.5 Å². The third kappa shape index (κ3) is 4.48. The molecule has 1 aromatic heterocycles. The van der Waals surface area contributed by atoms with Crippen LogP contribution in [-0.2, 0) is 11.3 Å². The van der Waals surface area contributed by atoms with Crippen molar-refractivity contribution < 1.29 is 17.9 Å². The molecule has 3 aromatic rings. The Morgan fingerprint density at radius 1 is 1.16 bits per heavy atom. The lowest BCUT2D eigenvalue weighted by Gasteiger charge is -2.15. The first kappa shape index (κ1) is 21.5. The highest BCUT2D eigenvalue weighted by Gasteiger charge is 2.27. The van der Waals surface area contributed by atoms with E-state index in [-0.39, 0.29) is 23.6 Å². The monoisotopic (exact) mass is 443 g/mol. The maximum Gasteiger partial charge on any atom is 0.293 e. The number of aryl methyl sites for hydroxylation is 1. The first-order valence-corrected chi connectivity index (χ1v) is 9.79. The lowest BCUT2D eigenvalue weighted by atomic mass is 10.1. The molecule has 166 valence electrons. The van der Waals surface area contributed by atoms with Crippen LogP contribution in [0.3, 0.4) is 0 Å². The molecule has 0 saturated heterocycles. The standard InChI is InChI=1S/C22H20F3N5O2/c1-12-4-5-14(20-29-22(2,3)11-32-20)8-17(12)27-21-28-18(31)9-26-30(21)10-13-6-15(23)19(25)16(24)7-13/h4-9H,10-11H2,1-3H3,(H,27,28,31). The number of hydrogen-bond donors (Lipinski definition) is 1. The van der Waals surface area contributed by atoms with Crippen LogP contribution < -0.4 is 10.9 Å².